The van der Waals surface area contributed by atoms with Crippen LogP contribution in [-0.2, 0) is 4.79 Å². The summed E-state index contributed by atoms with van der Waals surface area (Å²) in [5, 5.41) is 2.84. The van der Waals surface area contributed by atoms with E-state index in [1.807, 2.05) is 25.1 Å². The Balaban J connectivity index is 2.57. The van der Waals surface area contributed by atoms with E-state index in [1.165, 1.54) is 5.56 Å². The first-order chi connectivity index (χ1) is 7.13. The number of amides is 1. The first-order valence-electron chi connectivity index (χ1n) is 4.75. The van der Waals surface area contributed by atoms with Crippen molar-refractivity contribution in [3.63, 3.8) is 0 Å². The largest absolute Gasteiger partial charge is 0.326 e. The molecule has 0 heterocycles. The minimum absolute atomic E-state index is 0.0234. The normalized spacial score (nSPS) is 10.1. The van der Waals surface area contributed by atoms with Crippen molar-refractivity contribution in [3.05, 3.63) is 27.3 Å². The van der Waals surface area contributed by atoms with Gasteiger partial charge in [0, 0.05) is 21.6 Å². The number of anilines is 1. The highest BCUT2D eigenvalue weighted by Gasteiger charge is 2.02. The van der Waals surface area contributed by atoms with Crippen molar-refractivity contribution in [2.75, 3.05) is 11.2 Å². The summed E-state index contributed by atoms with van der Waals surface area (Å²) in [5.74, 6) is 0.550. The lowest BCUT2D eigenvalue weighted by atomic mass is 10.2. The minimum atomic E-state index is 0.0234. The Morgan fingerprint density at radius 3 is 2.87 bits per heavy atom. The highest BCUT2D eigenvalue weighted by molar-refractivity contribution is 14.1. The van der Waals surface area contributed by atoms with Gasteiger partial charge in [0.05, 0.1) is 0 Å². The van der Waals surface area contributed by atoms with Crippen molar-refractivity contribution in [2.45, 2.75) is 19.8 Å². The maximum absolute atomic E-state index is 11.4. The number of aryl methyl sites for hydroxylation is 1. The van der Waals surface area contributed by atoms with Gasteiger partial charge in [-0.25, -0.2) is 0 Å². The van der Waals surface area contributed by atoms with E-state index in [4.69, 9.17) is 11.6 Å². The molecule has 0 saturated carbocycles. The van der Waals surface area contributed by atoms with Gasteiger partial charge >= 0.3 is 0 Å². The van der Waals surface area contributed by atoms with Gasteiger partial charge in [0.1, 0.15) is 0 Å². The molecule has 82 valence electrons. The lowest BCUT2D eigenvalue weighted by Gasteiger charge is -2.06. The zero-order chi connectivity index (χ0) is 11.3. The minimum Gasteiger partial charge on any atom is -0.326 e. The molecular weight excluding hydrogens is 324 g/mol. The van der Waals surface area contributed by atoms with Gasteiger partial charge in [0.2, 0.25) is 5.91 Å². The molecule has 0 fully saturated rings. The molecule has 0 spiro atoms. The third-order valence-electron chi connectivity index (χ3n) is 1.99. The number of carbonyl (C=O) groups excluding carboxylic acids is 1. The van der Waals surface area contributed by atoms with Crippen LogP contribution in [0.4, 0.5) is 5.69 Å². The van der Waals surface area contributed by atoms with Gasteiger partial charge in [-0.3, -0.25) is 4.79 Å². The van der Waals surface area contributed by atoms with Crippen LogP contribution in [0.5, 0.6) is 0 Å². The fourth-order valence-corrected chi connectivity index (χ4v) is 1.77. The molecule has 1 aromatic rings. The second-order valence-corrected chi connectivity index (χ2v) is 4.84. The third-order valence-corrected chi connectivity index (χ3v) is 3.42. The molecule has 0 saturated heterocycles. The molecule has 15 heavy (non-hydrogen) atoms. The average molecular weight is 338 g/mol. The molecule has 0 aromatic heterocycles. The van der Waals surface area contributed by atoms with Crippen LogP contribution < -0.4 is 5.32 Å². The number of hydrogen-bond donors (Lipinski definition) is 1. The molecule has 1 amide bonds. The van der Waals surface area contributed by atoms with E-state index in [0.29, 0.717) is 12.3 Å². The summed E-state index contributed by atoms with van der Waals surface area (Å²) >= 11 is 7.77. The molecule has 0 aliphatic heterocycles. The van der Waals surface area contributed by atoms with E-state index < -0.39 is 0 Å². The average Bonchev–Trinajstić information content (AvgIpc) is 2.20. The summed E-state index contributed by atoms with van der Waals surface area (Å²) in [7, 11) is 0. The van der Waals surface area contributed by atoms with Gasteiger partial charge in [-0.1, -0.05) is 6.07 Å². The Morgan fingerprint density at radius 1 is 1.53 bits per heavy atom. The SMILES string of the molecule is Cc1ccc(NC(=O)CCCCl)cc1I. The Hall–Kier alpha value is -0.290. The number of benzene rings is 1. The molecule has 0 aliphatic carbocycles. The second kappa shape index (κ2) is 6.33. The van der Waals surface area contributed by atoms with Gasteiger partial charge in [0.25, 0.3) is 0 Å². The summed E-state index contributed by atoms with van der Waals surface area (Å²) in [5.41, 5.74) is 2.07. The molecule has 4 heteroatoms. The Labute approximate surface area is 109 Å². The highest BCUT2D eigenvalue weighted by Crippen LogP contribution is 2.17. The standard InChI is InChI=1S/C11H13ClINO/c1-8-4-5-9(7-10(8)13)14-11(15)3-2-6-12/h4-5,7H,2-3,6H2,1H3,(H,14,15). The molecule has 1 aromatic carbocycles. The van der Waals surface area contributed by atoms with Crippen LogP contribution in [0.2, 0.25) is 0 Å². The van der Waals surface area contributed by atoms with Gasteiger partial charge in [-0.15, -0.1) is 11.6 Å². The summed E-state index contributed by atoms with van der Waals surface area (Å²) in [4.78, 5) is 11.4. The Kier molecular flexibility index (Phi) is 5.39. The van der Waals surface area contributed by atoms with Crippen LogP contribution in [0.3, 0.4) is 0 Å². The zero-order valence-electron chi connectivity index (χ0n) is 8.52. The van der Waals surface area contributed by atoms with E-state index in [-0.39, 0.29) is 5.91 Å². The number of nitrogens with one attached hydrogen (secondary N) is 1. The van der Waals surface area contributed by atoms with E-state index in [1.54, 1.807) is 0 Å². The van der Waals surface area contributed by atoms with Crippen LogP contribution in [-0.4, -0.2) is 11.8 Å². The van der Waals surface area contributed by atoms with Crippen LogP contribution in [0.1, 0.15) is 18.4 Å². The topological polar surface area (TPSA) is 29.1 Å². The van der Waals surface area contributed by atoms with Crippen LogP contribution in [0.25, 0.3) is 0 Å². The molecule has 0 atom stereocenters. The number of hydrogen-bond acceptors (Lipinski definition) is 1. The van der Waals surface area contributed by atoms with Gasteiger partial charge in [-0.05, 0) is 53.6 Å². The molecule has 0 radical (unpaired) electrons. The maximum atomic E-state index is 11.4. The molecule has 1 N–H and O–H groups in total. The van der Waals surface area contributed by atoms with Crippen LogP contribution in [0.15, 0.2) is 18.2 Å². The first kappa shape index (κ1) is 12.8. The summed E-state index contributed by atoms with van der Waals surface area (Å²) in [6.45, 7) is 2.04. The highest BCUT2D eigenvalue weighted by atomic mass is 127. The molecule has 0 bridgehead atoms. The summed E-state index contributed by atoms with van der Waals surface area (Å²) < 4.78 is 1.16. The maximum Gasteiger partial charge on any atom is 0.224 e. The van der Waals surface area contributed by atoms with Crippen molar-refractivity contribution in [2.24, 2.45) is 0 Å². The first-order valence-corrected chi connectivity index (χ1v) is 6.37. The summed E-state index contributed by atoms with van der Waals surface area (Å²) in [6.07, 6.45) is 1.20. The van der Waals surface area contributed by atoms with Crippen molar-refractivity contribution >= 4 is 45.8 Å². The number of alkyl halides is 1. The van der Waals surface area contributed by atoms with Crippen molar-refractivity contribution in [3.8, 4) is 0 Å². The lowest BCUT2D eigenvalue weighted by Crippen LogP contribution is -2.11. The zero-order valence-corrected chi connectivity index (χ0v) is 11.4. The molecule has 2 nitrogen and oxygen atoms in total. The van der Waals surface area contributed by atoms with Crippen molar-refractivity contribution in [1.82, 2.24) is 0 Å². The van der Waals surface area contributed by atoms with E-state index in [9.17, 15) is 4.79 Å². The predicted molar refractivity (Wildman–Crippen MR) is 72.5 cm³/mol. The van der Waals surface area contributed by atoms with E-state index in [0.717, 1.165) is 15.7 Å². The van der Waals surface area contributed by atoms with E-state index >= 15 is 0 Å². The summed E-state index contributed by atoms with van der Waals surface area (Å²) in [6, 6.07) is 5.88. The number of rotatable bonds is 4. The Bertz CT molecular complexity index is 354. The fraction of sp³-hybridized carbons (Fsp3) is 0.364. The second-order valence-electron chi connectivity index (χ2n) is 3.30. The van der Waals surface area contributed by atoms with E-state index in [2.05, 4.69) is 27.9 Å². The fourth-order valence-electron chi connectivity index (χ4n) is 1.12. The van der Waals surface area contributed by atoms with Crippen LogP contribution >= 0.6 is 34.2 Å². The van der Waals surface area contributed by atoms with Gasteiger partial charge < -0.3 is 5.32 Å². The third kappa shape index (κ3) is 4.38. The van der Waals surface area contributed by atoms with Gasteiger partial charge in [0.15, 0.2) is 0 Å². The molecule has 0 aliphatic rings. The number of halogens is 2. The number of carbonyl (C=O) groups is 1. The monoisotopic (exact) mass is 337 g/mol. The molecule has 1 rings (SSSR count). The smallest absolute Gasteiger partial charge is 0.224 e. The Morgan fingerprint density at radius 2 is 2.27 bits per heavy atom. The lowest BCUT2D eigenvalue weighted by molar-refractivity contribution is -0.116. The van der Waals surface area contributed by atoms with Gasteiger partial charge in [-0.2, -0.15) is 0 Å². The quantitative estimate of drug-likeness (QED) is 0.660. The van der Waals surface area contributed by atoms with Crippen LogP contribution in [0, 0.1) is 10.5 Å². The molecule has 0 unspecified atom stereocenters. The molecular formula is C11H13ClINO. The van der Waals surface area contributed by atoms with Crippen molar-refractivity contribution in [1.29, 1.82) is 0 Å². The predicted octanol–water partition coefficient (Wildman–Crippen LogP) is 3.56. The van der Waals surface area contributed by atoms with Crippen molar-refractivity contribution < 1.29 is 4.79 Å².